The molecular weight excluding hydrogens is 418 g/mol. The maximum absolute atomic E-state index is 13.5. The third-order valence-electron chi connectivity index (χ3n) is 5.88. The molecule has 1 fully saturated rings. The lowest BCUT2D eigenvalue weighted by Gasteiger charge is -2.63. The van der Waals surface area contributed by atoms with Crippen LogP contribution in [-0.4, -0.2) is 25.0 Å². The van der Waals surface area contributed by atoms with Gasteiger partial charge in [-0.3, -0.25) is 4.79 Å². The third-order valence-corrected chi connectivity index (χ3v) is 8.30. The van der Waals surface area contributed by atoms with Crippen molar-refractivity contribution >= 4 is 29.3 Å². The normalized spacial score (nSPS) is 24.5. The second-order valence-corrected chi connectivity index (χ2v) is 9.14. The summed E-state index contributed by atoms with van der Waals surface area (Å²) in [6, 6.07) is 23.6. The number of β-lactam (4-membered cyclic amide) rings is 1. The molecule has 0 saturated carbocycles. The quantitative estimate of drug-likeness (QED) is 0.418. The second-order valence-electron chi connectivity index (χ2n) is 7.34. The molecule has 2 aliphatic heterocycles. The highest BCUT2D eigenvalue weighted by atomic mass is 35.5. The summed E-state index contributed by atoms with van der Waals surface area (Å²) in [5, 5.41) is 0. The number of amides is 1. The fourth-order valence-corrected chi connectivity index (χ4v) is 6.58. The molecule has 0 radical (unpaired) electrons. The van der Waals surface area contributed by atoms with E-state index < -0.39 is 9.75 Å². The number of methoxy groups -OCH3 is 2. The van der Waals surface area contributed by atoms with Gasteiger partial charge in [-0.05, 0) is 28.8 Å². The van der Waals surface area contributed by atoms with Crippen LogP contribution in [0.25, 0.3) is 0 Å². The molecule has 0 aliphatic carbocycles. The molecule has 2 atom stereocenters. The summed E-state index contributed by atoms with van der Waals surface area (Å²) in [5.74, 6) is 1.22. The molecule has 6 heteroatoms. The zero-order valence-corrected chi connectivity index (χ0v) is 18.2. The van der Waals surface area contributed by atoms with Crippen molar-refractivity contribution in [3.63, 3.8) is 0 Å². The van der Waals surface area contributed by atoms with Gasteiger partial charge in [0.2, 0.25) is 0 Å². The van der Waals surface area contributed by atoms with Crippen molar-refractivity contribution < 1.29 is 14.3 Å². The minimum atomic E-state index is -1.20. The number of rotatable bonds is 4. The van der Waals surface area contributed by atoms with Gasteiger partial charge in [-0.2, -0.15) is 0 Å². The molecule has 3 aromatic rings. The van der Waals surface area contributed by atoms with Gasteiger partial charge in [0.25, 0.3) is 5.91 Å². The first kappa shape index (κ1) is 19.3. The smallest absolute Gasteiger partial charge is 0.253 e. The monoisotopic (exact) mass is 437 g/mol. The Balaban J connectivity index is 1.73. The van der Waals surface area contributed by atoms with Crippen molar-refractivity contribution in [3.05, 3.63) is 89.5 Å². The van der Waals surface area contributed by atoms with E-state index in [1.54, 1.807) is 26.0 Å². The number of halogens is 1. The van der Waals surface area contributed by atoms with Crippen molar-refractivity contribution in [2.45, 2.75) is 21.2 Å². The molecule has 4 nitrogen and oxygen atoms in total. The lowest BCUT2D eigenvalue weighted by molar-refractivity contribution is -0.160. The number of fused-ring (bicyclic) bond motifs is 2. The second kappa shape index (κ2) is 6.96. The Hall–Kier alpha value is -2.63. The number of carbonyl (C=O) groups excluding carboxylic acids is 1. The fraction of sp³-hybridized carbons (Fsp3) is 0.208. The summed E-state index contributed by atoms with van der Waals surface area (Å²) < 4.78 is 11.0. The summed E-state index contributed by atoms with van der Waals surface area (Å²) >= 11 is 8.88. The lowest BCUT2D eigenvalue weighted by atomic mass is 9.75. The number of benzene rings is 3. The largest absolute Gasteiger partial charge is 0.493 e. The van der Waals surface area contributed by atoms with Crippen molar-refractivity contribution in [1.29, 1.82) is 0 Å². The molecule has 0 spiro atoms. The van der Waals surface area contributed by atoms with Gasteiger partial charge in [-0.1, -0.05) is 84.0 Å². The molecule has 152 valence electrons. The maximum atomic E-state index is 13.5. The SMILES string of the molecule is COc1cc2c(cc1OC)S[C@]1(c3ccccc3)N(C2)C(=O)[C@]1(Cl)c1ccccc1. The highest BCUT2D eigenvalue weighted by Crippen LogP contribution is 2.69. The van der Waals surface area contributed by atoms with Crippen molar-refractivity contribution in [1.82, 2.24) is 4.90 Å². The van der Waals surface area contributed by atoms with E-state index >= 15 is 0 Å². The van der Waals surface area contributed by atoms with Crippen LogP contribution in [0.15, 0.2) is 77.7 Å². The van der Waals surface area contributed by atoms with Gasteiger partial charge in [0, 0.05) is 11.4 Å². The molecule has 3 aromatic carbocycles. The van der Waals surface area contributed by atoms with E-state index in [-0.39, 0.29) is 5.91 Å². The third kappa shape index (κ3) is 2.39. The van der Waals surface area contributed by atoms with Crippen molar-refractivity contribution in [2.75, 3.05) is 14.2 Å². The van der Waals surface area contributed by atoms with Gasteiger partial charge in [-0.25, -0.2) is 0 Å². The van der Waals surface area contributed by atoms with Crippen LogP contribution in [0, 0.1) is 0 Å². The van der Waals surface area contributed by atoms with Gasteiger partial charge in [0.15, 0.2) is 21.2 Å². The number of alkyl halides is 1. The molecule has 30 heavy (non-hydrogen) atoms. The minimum Gasteiger partial charge on any atom is -0.493 e. The summed E-state index contributed by atoms with van der Waals surface area (Å²) in [6.45, 7) is 0.456. The molecular formula is C24H20ClNO3S. The standard InChI is InChI=1S/C24H20ClNO3S/c1-28-19-13-16-15-26-22(27)23(25,17-9-5-3-6-10-17)24(26,18-11-7-4-8-12-18)30-21(16)14-20(19)29-2/h3-14H,15H2,1-2H3/t23-,24+/m1/s1. The van der Waals surface area contributed by atoms with Gasteiger partial charge >= 0.3 is 0 Å². The Labute approximate surface area is 184 Å². The summed E-state index contributed by atoms with van der Waals surface area (Å²) in [6.07, 6.45) is 0. The van der Waals surface area contributed by atoms with E-state index in [1.807, 2.05) is 77.7 Å². The van der Waals surface area contributed by atoms with Crippen molar-refractivity contribution in [3.8, 4) is 11.5 Å². The van der Waals surface area contributed by atoms with E-state index in [4.69, 9.17) is 21.1 Å². The van der Waals surface area contributed by atoms with Crippen LogP contribution in [0.5, 0.6) is 11.5 Å². The Morgan fingerprint density at radius 2 is 1.47 bits per heavy atom. The molecule has 1 amide bonds. The number of hydrogen-bond donors (Lipinski definition) is 0. The highest BCUT2D eigenvalue weighted by Gasteiger charge is 2.74. The van der Waals surface area contributed by atoms with Crippen LogP contribution in [0.4, 0.5) is 0 Å². The molecule has 0 N–H and O–H groups in total. The first-order valence-electron chi connectivity index (χ1n) is 9.62. The summed E-state index contributed by atoms with van der Waals surface area (Å²) in [7, 11) is 3.24. The van der Waals surface area contributed by atoms with Gasteiger partial charge in [0.05, 0.1) is 14.2 Å². The number of thioether (sulfide) groups is 1. The zero-order valence-electron chi connectivity index (χ0n) is 16.6. The average Bonchev–Trinajstić information content (AvgIpc) is 2.82. The molecule has 1 saturated heterocycles. The molecule has 2 aliphatic rings. The molecule has 5 rings (SSSR count). The highest BCUT2D eigenvalue weighted by molar-refractivity contribution is 8.00. The molecule has 2 heterocycles. The van der Waals surface area contributed by atoms with E-state index in [0.29, 0.717) is 18.0 Å². The number of hydrogen-bond acceptors (Lipinski definition) is 4. The van der Waals surface area contributed by atoms with Crippen LogP contribution in [0.3, 0.4) is 0 Å². The predicted molar refractivity (Wildman–Crippen MR) is 118 cm³/mol. The first-order chi connectivity index (χ1) is 14.6. The Morgan fingerprint density at radius 3 is 2.07 bits per heavy atom. The van der Waals surface area contributed by atoms with Crippen LogP contribution < -0.4 is 9.47 Å². The van der Waals surface area contributed by atoms with E-state index in [1.165, 1.54) is 0 Å². The molecule has 0 aromatic heterocycles. The number of ether oxygens (including phenoxy) is 2. The van der Waals surface area contributed by atoms with Crippen LogP contribution in [-0.2, 0) is 21.1 Å². The Bertz CT molecular complexity index is 1120. The predicted octanol–water partition coefficient (Wildman–Crippen LogP) is 5.14. The van der Waals surface area contributed by atoms with Crippen LogP contribution in [0.1, 0.15) is 16.7 Å². The topological polar surface area (TPSA) is 38.8 Å². The Kier molecular flexibility index (Phi) is 4.49. The summed E-state index contributed by atoms with van der Waals surface area (Å²) in [5.41, 5.74) is 2.81. The Morgan fingerprint density at radius 1 is 0.900 bits per heavy atom. The number of nitrogens with zero attached hydrogens (tertiary/aromatic N) is 1. The van der Waals surface area contributed by atoms with Crippen LogP contribution in [0.2, 0.25) is 0 Å². The fourth-order valence-electron chi connectivity index (χ4n) is 4.43. The zero-order chi connectivity index (χ0) is 20.9. The summed E-state index contributed by atoms with van der Waals surface area (Å²) in [4.78, 5) is 14.4. The van der Waals surface area contributed by atoms with E-state index in [9.17, 15) is 4.79 Å². The minimum absolute atomic E-state index is 0.0906. The molecule has 0 bridgehead atoms. The number of carbonyl (C=O) groups is 1. The van der Waals surface area contributed by atoms with Crippen LogP contribution >= 0.6 is 23.4 Å². The van der Waals surface area contributed by atoms with Crippen molar-refractivity contribution in [2.24, 2.45) is 0 Å². The molecule has 0 unspecified atom stereocenters. The van der Waals surface area contributed by atoms with E-state index in [0.717, 1.165) is 21.6 Å². The maximum Gasteiger partial charge on any atom is 0.253 e. The lowest BCUT2D eigenvalue weighted by Crippen LogP contribution is -2.74. The first-order valence-corrected chi connectivity index (χ1v) is 10.8. The van der Waals surface area contributed by atoms with E-state index in [2.05, 4.69) is 0 Å². The van der Waals surface area contributed by atoms with Gasteiger partial charge < -0.3 is 14.4 Å². The average molecular weight is 438 g/mol. The van der Waals surface area contributed by atoms with Gasteiger partial charge in [-0.15, -0.1) is 0 Å². The van der Waals surface area contributed by atoms with Gasteiger partial charge in [0.1, 0.15) is 0 Å².